The Hall–Kier alpha value is -1.58. The first kappa shape index (κ1) is 14.4. The fraction of sp³-hybridized carbons (Fsp3) is 0.222. The van der Waals surface area contributed by atoms with Gasteiger partial charge in [0.25, 0.3) is 0 Å². The van der Waals surface area contributed by atoms with E-state index in [1.54, 1.807) is 0 Å². The number of rotatable bonds is 4. The summed E-state index contributed by atoms with van der Waals surface area (Å²) in [4.78, 5) is 0. The molecule has 0 amide bonds. The van der Waals surface area contributed by atoms with Crippen LogP contribution in [0.25, 0.3) is 22.1 Å². The molecule has 0 fully saturated rings. The van der Waals surface area contributed by atoms with Crippen molar-refractivity contribution in [2.24, 2.45) is 0 Å². The molecule has 1 aromatic heterocycles. The Morgan fingerprint density at radius 2 is 1.81 bits per heavy atom. The predicted octanol–water partition coefficient (Wildman–Crippen LogP) is 5.53. The average Bonchev–Trinajstić information content (AvgIpc) is 2.97. The van der Waals surface area contributed by atoms with E-state index in [4.69, 9.17) is 4.42 Å². The van der Waals surface area contributed by atoms with Gasteiger partial charge in [0.15, 0.2) is 0 Å². The molecule has 0 saturated heterocycles. The summed E-state index contributed by atoms with van der Waals surface area (Å²) in [5, 5.41) is 5.80. The first-order chi connectivity index (χ1) is 10.2. The Bertz CT molecular complexity index is 763. The molecule has 1 atom stereocenters. The lowest BCUT2D eigenvalue weighted by Gasteiger charge is -2.08. The van der Waals surface area contributed by atoms with Crippen molar-refractivity contribution in [1.29, 1.82) is 0 Å². The van der Waals surface area contributed by atoms with Crippen LogP contribution in [0.5, 0.6) is 0 Å². The van der Waals surface area contributed by atoms with Crippen LogP contribution in [0.4, 0.5) is 0 Å². The van der Waals surface area contributed by atoms with Gasteiger partial charge in [-0.2, -0.15) is 0 Å². The third-order valence-electron chi connectivity index (χ3n) is 3.65. The van der Waals surface area contributed by atoms with Crippen molar-refractivity contribution in [2.45, 2.75) is 19.9 Å². The van der Waals surface area contributed by atoms with E-state index in [-0.39, 0.29) is 6.04 Å². The Kier molecular flexibility index (Phi) is 4.13. The van der Waals surface area contributed by atoms with E-state index in [1.807, 2.05) is 6.07 Å². The van der Waals surface area contributed by atoms with Crippen LogP contribution >= 0.6 is 15.9 Å². The lowest BCUT2D eigenvalue weighted by molar-refractivity contribution is 0.445. The third kappa shape index (κ3) is 3.04. The molecule has 108 valence electrons. The smallest absolute Gasteiger partial charge is 0.134 e. The molecule has 0 saturated carbocycles. The molecule has 0 aliphatic carbocycles. The predicted molar refractivity (Wildman–Crippen MR) is 91.4 cm³/mol. The van der Waals surface area contributed by atoms with Crippen molar-refractivity contribution in [3.05, 3.63) is 58.8 Å². The quantitative estimate of drug-likeness (QED) is 0.673. The summed E-state index contributed by atoms with van der Waals surface area (Å²) in [5.74, 6) is 1.89. The SMILES string of the molecule is CCNC(C)c1ccc(-c2ccc3cc(Br)ccc3c2)o1. The van der Waals surface area contributed by atoms with Crippen molar-refractivity contribution >= 4 is 26.7 Å². The van der Waals surface area contributed by atoms with Crippen LogP contribution in [0.1, 0.15) is 25.6 Å². The zero-order valence-electron chi connectivity index (χ0n) is 12.2. The van der Waals surface area contributed by atoms with E-state index >= 15 is 0 Å². The highest BCUT2D eigenvalue weighted by Gasteiger charge is 2.10. The van der Waals surface area contributed by atoms with E-state index < -0.39 is 0 Å². The number of halogens is 1. The highest BCUT2D eigenvalue weighted by atomic mass is 79.9. The maximum atomic E-state index is 5.98. The maximum absolute atomic E-state index is 5.98. The molecular weight excluding hydrogens is 326 g/mol. The van der Waals surface area contributed by atoms with Crippen LogP contribution in [0, 0.1) is 0 Å². The average molecular weight is 344 g/mol. The van der Waals surface area contributed by atoms with Gasteiger partial charge in [0, 0.05) is 10.0 Å². The molecule has 21 heavy (non-hydrogen) atoms. The number of benzene rings is 2. The summed E-state index contributed by atoms with van der Waals surface area (Å²) in [5.41, 5.74) is 1.11. The van der Waals surface area contributed by atoms with Gasteiger partial charge in [0.05, 0.1) is 6.04 Å². The highest BCUT2D eigenvalue weighted by molar-refractivity contribution is 9.10. The van der Waals surface area contributed by atoms with Gasteiger partial charge in [-0.1, -0.05) is 41.1 Å². The van der Waals surface area contributed by atoms with Gasteiger partial charge in [-0.25, -0.2) is 0 Å². The second kappa shape index (κ2) is 6.04. The maximum Gasteiger partial charge on any atom is 0.134 e. The van der Waals surface area contributed by atoms with E-state index in [0.29, 0.717) is 0 Å². The Balaban J connectivity index is 1.95. The lowest BCUT2D eigenvalue weighted by Crippen LogP contribution is -2.16. The molecule has 0 bridgehead atoms. The first-order valence-electron chi connectivity index (χ1n) is 7.20. The Morgan fingerprint density at radius 1 is 1.05 bits per heavy atom. The van der Waals surface area contributed by atoms with Gasteiger partial charge in [-0.3, -0.25) is 0 Å². The van der Waals surface area contributed by atoms with Crippen molar-refractivity contribution in [1.82, 2.24) is 5.32 Å². The van der Waals surface area contributed by atoms with Crippen LogP contribution in [0.3, 0.4) is 0 Å². The summed E-state index contributed by atoms with van der Waals surface area (Å²) in [6, 6.07) is 17.0. The van der Waals surface area contributed by atoms with Crippen molar-refractivity contribution in [3.63, 3.8) is 0 Å². The molecule has 1 N–H and O–H groups in total. The minimum absolute atomic E-state index is 0.236. The number of furan rings is 1. The fourth-order valence-corrected chi connectivity index (χ4v) is 2.90. The molecule has 0 aliphatic heterocycles. The Morgan fingerprint density at radius 3 is 2.62 bits per heavy atom. The highest BCUT2D eigenvalue weighted by Crippen LogP contribution is 2.29. The van der Waals surface area contributed by atoms with Gasteiger partial charge in [-0.05, 0) is 54.6 Å². The van der Waals surface area contributed by atoms with Gasteiger partial charge < -0.3 is 9.73 Å². The summed E-state index contributed by atoms with van der Waals surface area (Å²) in [7, 11) is 0. The van der Waals surface area contributed by atoms with Gasteiger partial charge in [0.2, 0.25) is 0 Å². The summed E-state index contributed by atoms with van der Waals surface area (Å²) < 4.78 is 7.08. The molecule has 0 spiro atoms. The number of fused-ring (bicyclic) bond motifs is 1. The van der Waals surface area contributed by atoms with Crippen LogP contribution < -0.4 is 5.32 Å². The zero-order valence-corrected chi connectivity index (χ0v) is 13.8. The monoisotopic (exact) mass is 343 g/mol. The van der Waals surface area contributed by atoms with Gasteiger partial charge >= 0.3 is 0 Å². The second-order valence-electron chi connectivity index (χ2n) is 5.19. The van der Waals surface area contributed by atoms with Gasteiger partial charge in [-0.15, -0.1) is 0 Å². The molecule has 1 heterocycles. The molecule has 3 rings (SSSR count). The van der Waals surface area contributed by atoms with E-state index in [1.165, 1.54) is 10.8 Å². The minimum atomic E-state index is 0.236. The zero-order chi connectivity index (χ0) is 14.8. The van der Waals surface area contributed by atoms with E-state index in [0.717, 1.165) is 28.1 Å². The molecule has 0 radical (unpaired) electrons. The van der Waals surface area contributed by atoms with E-state index in [9.17, 15) is 0 Å². The standard InChI is InChI=1S/C18H18BrNO/c1-3-20-12(2)17-8-9-18(21-17)15-5-4-14-11-16(19)7-6-13(14)10-15/h4-12,20H,3H2,1-2H3. The first-order valence-corrected chi connectivity index (χ1v) is 7.99. The molecule has 2 nitrogen and oxygen atoms in total. The van der Waals surface area contributed by atoms with Crippen LogP contribution in [0.2, 0.25) is 0 Å². The molecular formula is C18H18BrNO. The second-order valence-corrected chi connectivity index (χ2v) is 6.10. The van der Waals surface area contributed by atoms with Crippen molar-refractivity contribution < 1.29 is 4.42 Å². The topological polar surface area (TPSA) is 25.2 Å². The third-order valence-corrected chi connectivity index (χ3v) is 4.14. The fourth-order valence-electron chi connectivity index (χ4n) is 2.52. The molecule has 2 aromatic carbocycles. The van der Waals surface area contributed by atoms with Crippen LogP contribution in [-0.2, 0) is 0 Å². The lowest BCUT2D eigenvalue weighted by atomic mass is 10.1. The van der Waals surface area contributed by atoms with Crippen LogP contribution in [0.15, 0.2) is 57.4 Å². The van der Waals surface area contributed by atoms with E-state index in [2.05, 4.69) is 77.6 Å². The normalized spacial score (nSPS) is 12.7. The van der Waals surface area contributed by atoms with Gasteiger partial charge in [0.1, 0.15) is 11.5 Å². The van der Waals surface area contributed by atoms with Crippen molar-refractivity contribution in [2.75, 3.05) is 6.54 Å². The van der Waals surface area contributed by atoms with Crippen molar-refractivity contribution in [3.8, 4) is 11.3 Å². The minimum Gasteiger partial charge on any atom is -0.459 e. The number of nitrogens with one attached hydrogen (secondary N) is 1. The molecule has 3 aromatic rings. The number of hydrogen-bond acceptors (Lipinski definition) is 2. The Labute approximate surface area is 133 Å². The largest absolute Gasteiger partial charge is 0.459 e. The summed E-state index contributed by atoms with van der Waals surface area (Å²) in [6.45, 7) is 5.15. The summed E-state index contributed by atoms with van der Waals surface area (Å²) >= 11 is 3.50. The van der Waals surface area contributed by atoms with Crippen LogP contribution in [-0.4, -0.2) is 6.54 Å². The molecule has 3 heteroatoms. The molecule has 0 aliphatic rings. The number of hydrogen-bond donors (Lipinski definition) is 1. The molecule has 1 unspecified atom stereocenters. The summed E-state index contributed by atoms with van der Waals surface area (Å²) in [6.07, 6.45) is 0.